The summed E-state index contributed by atoms with van der Waals surface area (Å²) in [4.78, 5) is 12.5. The molecule has 0 spiro atoms. The first-order valence-corrected chi connectivity index (χ1v) is 9.21. The number of benzene rings is 1. The number of aromatic nitrogens is 2. The molecule has 4 nitrogen and oxygen atoms in total. The van der Waals surface area contributed by atoms with E-state index in [1.807, 2.05) is 0 Å². The van der Waals surface area contributed by atoms with Crippen LogP contribution in [0.15, 0.2) is 30.3 Å². The first-order valence-electron chi connectivity index (χ1n) is 9.21. The van der Waals surface area contributed by atoms with Crippen LogP contribution in [0.5, 0.6) is 0 Å². The molecule has 0 radical (unpaired) electrons. The van der Waals surface area contributed by atoms with Gasteiger partial charge in [0.05, 0.1) is 5.69 Å². The molecule has 2 aromatic rings. The molecule has 4 heteroatoms. The van der Waals surface area contributed by atoms with E-state index < -0.39 is 0 Å². The molecule has 1 fully saturated rings. The third-order valence-corrected chi connectivity index (χ3v) is 5.24. The number of fused-ring (bicyclic) bond motifs is 1. The first kappa shape index (κ1) is 15.6. The molecule has 1 aromatic carbocycles. The fourth-order valence-electron chi connectivity index (χ4n) is 3.92. The molecule has 0 saturated carbocycles. The summed E-state index contributed by atoms with van der Waals surface area (Å²) in [5, 5.41) is 3.51. The van der Waals surface area contributed by atoms with E-state index in [0.29, 0.717) is 6.04 Å². The fourth-order valence-corrected chi connectivity index (χ4v) is 3.92. The highest BCUT2D eigenvalue weighted by Crippen LogP contribution is 2.30. The molecule has 0 aliphatic carbocycles. The van der Waals surface area contributed by atoms with Crippen LogP contribution in [0.3, 0.4) is 0 Å². The van der Waals surface area contributed by atoms with Gasteiger partial charge in [-0.05, 0) is 38.3 Å². The quantitative estimate of drug-likeness (QED) is 0.943. The molecule has 1 atom stereocenters. The van der Waals surface area contributed by atoms with Crippen LogP contribution in [0.1, 0.15) is 42.4 Å². The van der Waals surface area contributed by atoms with Gasteiger partial charge in [-0.25, -0.2) is 9.97 Å². The van der Waals surface area contributed by atoms with Crippen molar-refractivity contribution in [2.75, 3.05) is 24.5 Å². The number of rotatable bonds is 3. The van der Waals surface area contributed by atoms with Crippen molar-refractivity contribution in [3.63, 3.8) is 0 Å². The van der Waals surface area contributed by atoms with E-state index in [-0.39, 0.29) is 0 Å². The van der Waals surface area contributed by atoms with Gasteiger partial charge in [0.15, 0.2) is 0 Å². The minimum atomic E-state index is 0.588. The van der Waals surface area contributed by atoms with Crippen LogP contribution < -0.4 is 10.2 Å². The molecule has 3 heterocycles. The Labute approximate surface area is 144 Å². The van der Waals surface area contributed by atoms with Crippen molar-refractivity contribution >= 4 is 5.82 Å². The van der Waals surface area contributed by atoms with Crippen LogP contribution >= 0.6 is 0 Å². The lowest BCUT2D eigenvalue weighted by Crippen LogP contribution is -2.29. The van der Waals surface area contributed by atoms with Gasteiger partial charge < -0.3 is 10.2 Å². The Hall–Kier alpha value is -1.94. The van der Waals surface area contributed by atoms with Crippen LogP contribution in [0, 0.1) is 0 Å². The average Bonchev–Trinajstić information content (AvgIpc) is 2.88. The number of hydrogen-bond acceptors (Lipinski definition) is 4. The zero-order chi connectivity index (χ0) is 16.4. The van der Waals surface area contributed by atoms with Crippen LogP contribution in [0.25, 0.3) is 0 Å². The van der Waals surface area contributed by atoms with Crippen molar-refractivity contribution in [2.45, 2.75) is 45.1 Å². The standard InChI is InChI=1S/C20H26N4/c1-15-6-5-13-24(15)20-17-9-11-21-12-10-18(17)22-19(23-20)14-16-7-3-2-4-8-16/h2-4,7-8,15,21H,5-6,9-14H2,1H3. The lowest BCUT2D eigenvalue weighted by molar-refractivity contribution is 0.704. The zero-order valence-electron chi connectivity index (χ0n) is 14.5. The summed E-state index contributed by atoms with van der Waals surface area (Å²) in [5.74, 6) is 2.18. The van der Waals surface area contributed by atoms with Gasteiger partial charge in [0.2, 0.25) is 0 Å². The molecule has 2 aliphatic rings. The Morgan fingerprint density at radius 1 is 1.12 bits per heavy atom. The van der Waals surface area contributed by atoms with Gasteiger partial charge in [-0.15, -0.1) is 0 Å². The highest BCUT2D eigenvalue weighted by atomic mass is 15.2. The number of anilines is 1. The Morgan fingerprint density at radius 2 is 1.96 bits per heavy atom. The van der Waals surface area contributed by atoms with Gasteiger partial charge in [0, 0.05) is 37.5 Å². The van der Waals surface area contributed by atoms with Crippen LogP contribution in [0.2, 0.25) is 0 Å². The van der Waals surface area contributed by atoms with Gasteiger partial charge in [0.1, 0.15) is 11.6 Å². The summed E-state index contributed by atoms with van der Waals surface area (Å²) >= 11 is 0. The van der Waals surface area contributed by atoms with E-state index in [1.54, 1.807) is 0 Å². The predicted molar refractivity (Wildman–Crippen MR) is 97.6 cm³/mol. The summed E-state index contributed by atoms with van der Waals surface area (Å²) in [6.45, 7) is 5.50. The van der Waals surface area contributed by atoms with Gasteiger partial charge in [-0.1, -0.05) is 30.3 Å². The van der Waals surface area contributed by atoms with E-state index in [4.69, 9.17) is 9.97 Å². The minimum Gasteiger partial charge on any atom is -0.354 e. The molecule has 2 aliphatic heterocycles. The van der Waals surface area contributed by atoms with Crippen LogP contribution in [-0.4, -0.2) is 35.6 Å². The summed E-state index contributed by atoms with van der Waals surface area (Å²) in [5.41, 5.74) is 3.92. The topological polar surface area (TPSA) is 41.1 Å². The van der Waals surface area contributed by atoms with Crippen molar-refractivity contribution in [1.29, 1.82) is 0 Å². The zero-order valence-corrected chi connectivity index (χ0v) is 14.5. The predicted octanol–water partition coefficient (Wildman–Crippen LogP) is 2.74. The van der Waals surface area contributed by atoms with Gasteiger partial charge in [-0.3, -0.25) is 0 Å². The molecule has 1 saturated heterocycles. The Morgan fingerprint density at radius 3 is 2.75 bits per heavy atom. The second-order valence-electron chi connectivity index (χ2n) is 6.99. The molecule has 1 aromatic heterocycles. The summed E-state index contributed by atoms with van der Waals surface area (Å²) < 4.78 is 0. The molecule has 4 rings (SSSR count). The third-order valence-electron chi connectivity index (χ3n) is 5.24. The van der Waals surface area contributed by atoms with Crippen LogP contribution in [0.4, 0.5) is 5.82 Å². The molecule has 1 N–H and O–H groups in total. The maximum Gasteiger partial charge on any atom is 0.136 e. The summed E-state index contributed by atoms with van der Waals surface area (Å²) in [7, 11) is 0. The van der Waals surface area contributed by atoms with E-state index in [2.05, 4.69) is 47.5 Å². The Kier molecular flexibility index (Phi) is 4.48. The van der Waals surface area contributed by atoms with E-state index in [1.165, 1.54) is 35.5 Å². The number of hydrogen-bond donors (Lipinski definition) is 1. The molecule has 0 amide bonds. The lowest BCUT2D eigenvalue weighted by Gasteiger charge is -2.26. The Balaban J connectivity index is 1.74. The lowest BCUT2D eigenvalue weighted by atomic mass is 10.1. The van der Waals surface area contributed by atoms with Gasteiger partial charge >= 0.3 is 0 Å². The number of nitrogens with one attached hydrogen (secondary N) is 1. The minimum absolute atomic E-state index is 0.588. The second-order valence-corrected chi connectivity index (χ2v) is 6.99. The van der Waals surface area contributed by atoms with Crippen molar-refractivity contribution in [3.05, 3.63) is 53.0 Å². The van der Waals surface area contributed by atoms with Crippen LogP contribution in [-0.2, 0) is 19.3 Å². The SMILES string of the molecule is CC1CCCN1c1nc(Cc2ccccc2)nc2c1CCNCC2. The van der Waals surface area contributed by atoms with Crippen molar-refractivity contribution in [2.24, 2.45) is 0 Å². The normalized spacial score (nSPS) is 20.7. The summed E-state index contributed by atoms with van der Waals surface area (Å²) in [6, 6.07) is 11.1. The highest BCUT2D eigenvalue weighted by molar-refractivity contribution is 5.52. The Bertz CT molecular complexity index is 698. The molecule has 1 unspecified atom stereocenters. The smallest absolute Gasteiger partial charge is 0.136 e. The monoisotopic (exact) mass is 322 g/mol. The molecule has 24 heavy (non-hydrogen) atoms. The third kappa shape index (κ3) is 3.16. The molecule has 0 bridgehead atoms. The van der Waals surface area contributed by atoms with Crippen molar-refractivity contribution in [3.8, 4) is 0 Å². The van der Waals surface area contributed by atoms with Gasteiger partial charge in [0.25, 0.3) is 0 Å². The molecular weight excluding hydrogens is 296 g/mol. The van der Waals surface area contributed by atoms with Crippen molar-refractivity contribution < 1.29 is 0 Å². The maximum absolute atomic E-state index is 5.04. The first-order chi connectivity index (χ1) is 11.8. The van der Waals surface area contributed by atoms with Crippen molar-refractivity contribution in [1.82, 2.24) is 15.3 Å². The average molecular weight is 322 g/mol. The largest absolute Gasteiger partial charge is 0.354 e. The van der Waals surface area contributed by atoms with Gasteiger partial charge in [-0.2, -0.15) is 0 Å². The van der Waals surface area contributed by atoms with E-state index >= 15 is 0 Å². The maximum atomic E-state index is 5.04. The highest BCUT2D eigenvalue weighted by Gasteiger charge is 2.27. The second kappa shape index (κ2) is 6.89. The van der Waals surface area contributed by atoms with E-state index in [0.717, 1.165) is 44.7 Å². The van der Waals surface area contributed by atoms with E-state index in [9.17, 15) is 0 Å². The molecule has 126 valence electrons. The number of nitrogens with zero attached hydrogens (tertiary/aromatic N) is 3. The molecular formula is C20H26N4. The summed E-state index contributed by atoms with van der Waals surface area (Å²) in [6.07, 6.45) is 5.41. The fraction of sp³-hybridized carbons (Fsp3) is 0.500.